The smallest absolute Gasteiger partial charge is 0.237 e. The molecular formula is C18H28N2O5S. The Morgan fingerprint density at radius 3 is 2.65 bits per heavy atom. The Bertz CT molecular complexity index is 714. The van der Waals surface area contributed by atoms with Crippen molar-refractivity contribution in [1.82, 2.24) is 5.32 Å². The van der Waals surface area contributed by atoms with Crippen LogP contribution >= 0.6 is 0 Å². The van der Waals surface area contributed by atoms with Crippen molar-refractivity contribution in [3.8, 4) is 11.5 Å². The average Bonchev–Trinajstić information content (AvgIpc) is 3.10. The number of rotatable bonds is 9. The largest absolute Gasteiger partial charge is 0.493 e. The van der Waals surface area contributed by atoms with Crippen LogP contribution in [-0.4, -0.2) is 45.6 Å². The molecule has 1 fully saturated rings. The third-order valence-electron chi connectivity index (χ3n) is 4.46. The Morgan fingerprint density at radius 2 is 2.04 bits per heavy atom. The number of ether oxygens (including phenoxy) is 2. The van der Waals surface area contributed by atoms with Gasteiger partial charge in [-0.1, -0.05) is 12.1 Å². The molecule has 0 aliphatic heterocycles. The summed E-state index contributed by atoms with van der Waals surface area (Å²) in [7, 11) is -1.56. The van der Waals surface area contributed by atoms with Crippen LogP contribution in [0, 0.1) is 0 Å². The molecule has 7 nitrogen and oxygen atoms in total. The molecule has 0 spiro atoms. The second kappa shape index (κ2) is 9.23. The van der Waals surface area contributed by atoms with Crippen molar-refractivity contribution in [2.24, 2.45) is 5.73 Å². The number of sulfone groups is 1. The third-order valence-corrected chi connectivity index (χ3v) is 5.43. The molecule has 3 N–H and O–H groups in total. The summed E-state index contributed by atoms with van der Waals surface area (Å²) in [5.41, 5.74) is 6.59. The monoisotopic (exact) mass is 384 g/mol. The second-order valence-corrected chi connectivity index (χ2v) is 8.98. The number of benzene rings is 1. The normalized spacial score (nSPS) is 16.3. The van der Waals surface area contributed by atoms with Gasteiger partial charge >= 0.3 is 0 Å². The van der Waals surface area contributed by atoms with Gasteiger partial charge in [-0.25, -0.2) is 8.42 Å². The molecule has 1 amide bonds. The topological polar surface area (TPSA) is 108 Å². The lowest BCUT2D eigenvalue weighted by atomic mass is 10.1. The van der Waals surface area contributed by atoms with Crippen LogP contribution < -0.4 is 20.5 Å². The Kier molecular flexibility index (Phi) is 7.28. The molecular weight excluding hydrogens is 356 g/mol. The minimum atomic E-state index is -3.15. The molecule has 1 aliphatic rings. The van der Waals surface area contributed by atoms with Crippen LogP contribution in [0.2, 0.25) is 0 Å². The van der Waals surface area contributed by atoms with Crippen LogP contribution in [0.25, 0.3) is 0 Å². The summed E-state index contributed by atoms with van der Waals surface area (Å²) in [6.07, 6.45) is 5.72. The van der Waals surface area contributed by atoms with Crippen molar-refractivity contribution in [2.75, 3.05) is 19.1 Å². The van der Waals surface area contributed by atoms with Gasteiger partial charge in [0.15, 0.2) is 11.5 Å². The molecule has 0 aromatic heterocycles. The van der Waals surface area contributed by atoms with E-state index >= 15 is 0 Å². The highest BCUT2D eigenvalue weighted by Crippen LogP contribution is 2.34. The van der Waals surface area contributed by atoms with E-state index in [4.69, 9.17) is 15.2 Å². The van der Waals surface area contributed by atoms with Crippen LogP contribution in [0.3, 0.4) is 0 Å². The van der Waals surface area contributed by atoms with E-state index < -0.39 is 15.9 Å². The Balaban J connectivity index is 2.00. The second-order valence-electron chi connectivity index (χ2n) is 6.72. The van der Waals surface area contributed by atoms with Gasteiger partial charge in [-0.2, -0.15) is 0 Å². The zero-order chi connectivity index (χ0) is 19.2. The SMILES string of the molecule is COc1cccc(CNC(=O)C(N)CCS(C)(=O)=O)c1OC1CCCC1. The van der Waals surface area contributed by atoms with Crippen LogP contribution in [0.5, 0.6) is 11.5 Å². The summed E-state index contributed by atoms with van der Waals surface area (Å²) in [5, 5.41) is 2.76. The van der Waals surface area contributed by atoms with E-state index in [1.165, 1.54) is 0 Å². The molecule has 146 valence electrons. The van der Waals surface area contributed by atoms with Crippen LogP contribution in [0.4, 0.5) is 0 Å². The highest BCUT2D eigenvalue weighted by molar-refractivity contribution is 7.90. The van der Waals surface area contributed by atoms with Gasteiger partial charge in [-0.05, 0) is 38.2 Å². The number of hydrogen-bond acceptors (Lipinski definition) is 6. The molecule has 0 saturated heterocycles. The molecule has 8 heteroatoms. The fourth-order valence-corrected chi connectivity index (χ4v) is 3.64. The molecule has 0 heterocycles. The minimum Gasteiger partial charge on any atom is -0.493 e. The summed E-state index contributed by atoms with van der Waals surface area (Å²) in [4.78, 5) is 12.1. The summed E-state index contributed by atoms with van der Waals surface area (Å²) in [6.45, 7) is 0.241. The average molecular weight is 384 g/mol. The maximum Gasteiger partial charge on any atom is 0.237 e. The molecule has 2 rings (SSSR count). The summed E-state index contributed by atoms with van der Waals surface area (Å²) in [6, 6.07) is 4.67. The molecule has 1 aromatic carbocycles. The van der Waals surface area contributed by atoms with Gasteiger partial charge in [-0.3, -0.25) is 4.79 Å². The quantitative estimate of drug-likeness (QED) is 0.666. The number of amides is 1. The fraction of sp³-hybridized carbons (Fsp3) is 0.611. The maximum absolute atomic E-state index is 12.1. The van der Waals surface area contributed by atoms with Gasteiger partial charge in [0, 0.05) is 18.4 Å². The van der Waals surface area contributed by atoms with E-state index in [0.717, 1.165) is 37.5 Å². The standard InChI is InChI=1S/C18H28N2O5S/c1-24-16-9-5-6-13(17(16)25-14-7-3-4-8-14)12-20-18(21)15(19)10-11-26(2,22)23/h5-6,9,14-15H,3-4,7-8,10-12,19H2,1-2H3,(H,20,21). The number of carbonyl (C=O) groups is 1. The van der Waals surface area contributed by atoms with Crippen molar-refractivity contribution < 1.29 is 22.7 Å². The molecule has 1 unspecified atom stereocenters. The van der Waals surface area contributed by atoms with E-state index in [2.05, 4.69) is 5.32 Å². The third kappa shape index (κ3) is 6.17. The first-order valence-corrected chi connectivity index (χ1v) is 10.9. The van der Waals surface area contributed by atoms with Crippen molar-refractivity contribution in [1.29, 1.82) is 0 Å². The van der Waals surface area contributed by atoms with Gasteiger partial charge in [0.05, 0.1) is 25.0 Å². The van der Waals surface area contributed by atoms with E-state index in [0.29, 0.717) is 11.5 Å². The molecule has 1 saturated carbocycles. The Morgan fingerprint density at radius 1 is 1.35 bits per heavy atom. The Hall–Kier alpha value is -1.80. The first-order chi connectivity index (χ1) is 12.3. The van der Waals surface area contributed by atoms with Crippen LogP contribution in [0.1, 0.15) is 37.7 Å². The number of carbonyl (C=O) groups excluding carboxylic acids is 1. The summed E-state index contributed by atoms with van der Waals surface area (Å²) < 4.78 is 33.9. The Labute approximate surface area is 155 Å². The zero-order valence-electron chi connectivity index (χ0n) is 15.4. The number of nitrogens with two attached hydrogens (primary N) is 1. The summed E-state index contributed by atoms with van der Waals surface area (Å²) >= 11 is 0. The van der Waals surface area contributed by atoms with Crippen LogP contribution in [0.15, 0.2) is 18.2 Å². The number of hydrogen-bond donors (Lipinski definition) is 2. The molecule has 0 bridgehead atoms. The van der Waals surface area contributed by atoms with Gasteiger partial charge < -0.3 is 20.5 Å². The van der Waals surface area contributed by atoms with Gasteiger partial charge in [0.2, 0.25) is 5.91 Å². The highest BCUT2D eigenvalue weighted by atomic mass is 32.2. The fourth-order valence-electron chi connectivity index (χ4n) is 2.95. The highest BCUT2D eigenvalue weighted by Gasteiger charge is 2.21. The number of nitrogens with one attached hydrogen (secondary N) is 1. The first kappa shape index (κ1) is 20.5. The molecule has 1 atom stereocenters. The summed E-state index contributed by atoms with van der Waals surface area (Å²) in [5.74, 6) is 0.775. The van der Waals surface area contributed by atoms with Crippen molar-refractivity contribution in [3.05, 3.63) is 23.8 Å². The first-order valence-electron chi connectivity index (χ1n) is 8.83. The van der Waals surface area contributed by atoms with E-state index in [1.807, 2.05) is 18.2 Å². The van der Waals surface area contributed by atoms with Crippen molar-refractivity contribution >= 4 is 15.7 Å². The number of methoxy groups -OCH3 is 1. The van der Waals surface area contributed by atoms with Crippen molar-refractivity contribution in [2.45, 2.75) is 50.8 Å². The predicted molar refractivity (Wildman–Crippen MR) is 100 cm³/mol. The molecule has 1 aliphatic carbocycles. The van der Waals surface area contributed by atoms with Gasteiger partial charge in [-0.15, -0.1) is 0 Å². The van der Waals surface area contributed by atoms with Gasteiger partial charge in [0.25, 0.3) is 0 Å². The minimum absolute atomic E-state index is 0.0915. The van der Waals surface area contributed by atoms with E-state index in [-0.39, 0.29) is 30.7 Å². The van der Waals surface area contributed by atoms with E-state index in [9.17, 15) is 13.2 Å². The molecule has 0 radical (unpaired) electrons. The molecule has 26 heavy (non-hydrogen) atoms. The van der Waals surface area contributed by atoms with Crippen molar-refractivity contribution in [3.63, 3.8) is 0 Å². The van der Waals surface area contributed by atoms with E-state index in [1.54, 1.807) is 7.11 Å². The lowest BCUT2D eigenvalue weighted by Gasteiger charge is -2.20. The van der Waals surface area contributed by atoms with Crippen LogP contribution in [-0.2, 0) is 21.2 Å². The lowest BCUT2D eigenvalue weighted by molar-refractivity contribution is -0.122. The zero-order valence-corrected chi connectivity index (χ0v) is 16.2. The van der Waals surface area contributed by atoms with Gasteiger partial charge in [0.1, 0.15) is 9.84 Å². The maximum atomic E-state index is 12.1. The lowest BCUT2D eigenvalue weighted by Crippen LogP contribution is -2.41. The predicted octanol–water partition coefficient (Wildman–Crippen LogP) is 1.39. The molecule has 1 aromatic rings. The number of para-hydroxylation sites is 1.